The van der Waals surface area contributed by atoms with E-state index in [0.717, 1.165) is 32.1 Å². The molecule has 0 radical (unpaired) electrons. The molecule has 0 spiro atoms. The third kappa shape index (κ3) is 8.42. The summed E-state index contributed by atoms with van der Waals surface area (Å²) in [5.74, 6) is -2.20. The summed E-state index contributed by atoms with van der Waals surface area (Å²) in [7, 11) is 0. The lowest BCUT2D eigenvalue weighted by Crippen LogP contribution is -2.56. The van der Waals surface area contributed by atoms with Crippen LogP contribution in [0.4, 0.5) is 4.39 Å². The molecular formula is C25H37FN2O5. The normalized spacial score (nSPS) is 17.2. The summed E-state index contributed by atoms with van der Waals surface area (Å²) in [6.07, 6.45) is 4.07. The Bertz CT molecular complexity index is 795. The summed E-state index contributed by atoms with van der Waals surface area (Å²) < 4.78 is 18.9. The summed E-state index contributed by atoms with van der Waals surface area (Å²) in [5, 5.41) is 16.1. The summed E-state index contributed by atoms with van der Waals surface area (Å²) in [6, 6.07) is 4.28. The molecule has 0 saturated heterocycles. The van der Waals surface area contributed by atoms with E-state index in [1.165, 1.54) is 12.1 Å². The van der Waals surface area contributed by atoms with Gasteiger partial charge in [0.05, 0.1) is 19.1 Å². The molecule has 2 rings (SSSR count). The van der Waals surface area contributed by atoms with Crippen LogP contribution in [-0.2, 0) is 25.5 Å². The minimum absolute atomic E-state index is 0.126. The summed E-state index contributed by atoms with van der Waals surface area (Å²) in [5.41, 5.74) is 0.242. The van der Waals surface area contributed by atoms with Crippen molar-refractivity contribution in [3.05, 3.63) is 35.6 Å². The second-order valence-electron chi connectivity index (χ2n) is 9.11. The van der Waals surface area contributed by atoms with Crippen LogP contribution in [0.5, 0.6) is 0 Å². The number of aliphatic hydroxyl groups excluding tert-OH is 1. The molecule has 1 aromatic carbocycles. The summed E-state index contributed by atoms with van der Waals surface area (Å²) in [6.45, 7) is 5.34. The molecule has 0 aromatic heterocycles. The van der Waals surface area contributed by atoms with Crippen LogP contribution in [-0.4, -0.2) is 47.7 Å². The average Bonchev–Trinajstić information content (AvgIpc) is 2.78. The third-order valence-electron chi connectivity index (χ3n) is 6.12. The molecule has 0 aliphatic heterocycles. The molecule has 7 nitrogen and oxygen atoms in total. The first kappa shape index (κ1) is 26.8. The van der Waals surface area contributed by atoms with Crippen LogP contribution in [0.25, 0.3) is 0 Å². The Kier molecular flexibility index (Phi) is 10.8. The van der Waals surface area contributed by atoms with Gasteiger partial charge in [-0.05, 0) is 36.8 Å². The quantitative estimate of drug-likeness (QED) is 0.437. The Hall–Kier alpha value is -2.48. The SMILES string of the molecule is CCOC(=O)[C@H](O)[C@H](CC1CCCCC1)NC(=O)[C@@H](NC(=O)Cc1ccccc1F)C(C)C. The molecule has 1 aliphatic carbocycles. The van der Waals surface area contributed by atoms with Gasteiger partial charge in [0.25, 0.3) is 0 Å². The molecule has 1 fully saturated rings. The van der Waals surface area contributed by atoms with Crippen molar-refractivity contribution >= 4 is 17.8 Å². The van der Waals surface area contributed by atoms with Crippen LogP contribution >= 0.6 is 0 Å². The van der Waals surface area contributed by atoms with Gasteiger partial charge in [0.1, 0.15) is 11.9 Å². The van der Waals surface area contributed by atoms with Crippen molar-refractivity contribution in [3.8, 4) is 0 Å². The number of hydrogen-bond acceptors (Lipinski definition) is 5. The molecule has 3 N–H and O–H groups in total. The zero-order chi connectivity index (χ0) is 24.4. The standard InChI is InChI=1S/C25H37FN2O5/c1-4-33-25(32)23(30)20(14-17-10-6-5-7-11-17)27-24(31)22(16(2)3)28-21(29)15-18-12-8-9-13-19(18)26/h8-9,12-13,16-17,20,22-23,30H,4-7,10-11,14-15H2,1-3H3,(H,27,31)(H,28,29)/t20-,22-,23+/m0/s1. The largest absolute Gasteiger partial charge is 0.464 e. The van der Waals surface area contributed by atoms with E-state index in [4.69, 9.17) is 4.74 Å². The smallest absolute Gasteiger partial charge is 0.337 e. The Morgan fingerprint density at radius 1 is 1.12 bits per heavy atom. The van der Waals surface area contributed by atoms with Crippen molar-refractivity contribution in [2.75, 3.05) is 6.61 Å². The van der Waals surface area contributed by atoms with Gasteiger partial charge >= 0.3 is 5.97 Å². The highest BCUT2D eigenvalue weighted by Crippen LogP contribution is 2.28. The number of aliphatic hydroxyl groups is 1. The van der Waals surface area contributed by atoms with Crippen LogP contribution in [0.2, 0.25) is 0 Å². The van der Waals surface area contributed by atoms with E-state index in [1.54, 1.807) is 32.9 Å². The number of carbonyl (C=O) groups excluding carboxylic acids is 3. The van der Waals surface area contributed by atoms with Crippen molar-refractivity contribution in [1.29, 1.82) is 0 Å². The highest BCUT2D eigenvalue weighted by Gasteiger charge is 2.34. The minimum Gasteiger partial charge on any atom is -0.464 e. The molecule has 0 heterocycles. The summed E-state index contributed by atoms with van der Waals surface area (Å²) >= 11 is 0. The highest BCUT2D eigenvalue weighted by molar-refractivity contribution is 5.89. The molecular weight excluding hydrogens is 427 g/mol. The first-order valence-electron chi connectivity index (χ1n) is 11.9. The lowest BCUT2D eigenvalue weighted by molar-refractivity contribution is -0.155. The predicted octanol–water partition coefficient (Wildman–Crippen LogP) is 2.89. The molecule has 0 unspecified atom stereocenters. The van der Waals surface area contributed by atoms with E-state index in [0.29, 0.717) is 12.3 Å². The lowest BCUT2D eigenvalue weighted by atomic mass is 9.83. The van der Waals surface area contributed by atoms with Crippen LogP contribution in [0, 0.1) is 17.7 Å². The number of rotatable bonds is 11. The van der Waals surface area contributed by atoms with Gasteiger partial charge in [-0.15, -0.1) is 0 Å². The number of hydrogen-bond donors (Lipinski definition) is 3. The maximum atomic E-state index is 13.9. The van der Waals surface area contributed by atoms with Crippen LogP contribution in [0.3, 0.4) is 0 Å². The predicted molar refractivity (Wildman–Crippen MR) is 123 cm³/mol. The van der Waals surface area contributed by atoms with Crippen LogP contribution in [0.1, 0.15) is 64.9 Å². The molecule has 0 bridgehead atoms. The van der Waals surface area contributed by atoms with Gasteiger partial charge in [-0.25, -0.2) is 9.18 Å². The number of benzene rings is 1. The monoisotopic (exact) mass is 464 g/mol. The zero-order valence-corrected chi connectivity index (χ0v) is 19.8. The Morgan fingerprint density at radius 2 is 1.79 bits per heavy atom. The van der Waals surface area contributed by atoms with Gasteiger partial charge < -0.3 is 20.5 Å². The van der Waals surface area contributed by atoms with Gasteiger partial charge in [-0.1, -0.05) is 64.2 Å². The molecule has 8 heteroatoms. The Labute approximate surface area is 195 Å². The molecule has 3 atom stereocenters. The summed E-state index contributed by atoms with van der Waals surface area (Å²) in [4.78, 5) is 37.8. The van der Waals surface area contributed by atoms with E-state index >= 15 is 0 Å². The molecule has 1 saturated carbocycles. The van der Waals surface area contributed by atoms with Crippen LogP contribution in [0.15, 0.2) is 24.3 Å². The number of carbonyl (C=O) groups is 3. The van der Waals surface area contributed by atoms with E-state index in [1.807, 2.05) is 0 Å². The molecule has 1 aliphatic rings. The number of amides is 2. The van der Waals surface area contributed by atoms with Crippen molar-refractivity contribution in [2.24, 2.45) is 11.8 Å². The van der Waals surface area contributed by atoms with E-state index in [9.17, 15) is 23.9 Å². The Balaban J connectivity index is 2.08. The van der Waals surface area contributed by atoms with Gasteiger partial charge in [-0.2, -0.15) is 0 Å². The molecule has 2 amide bonds. The maximum Gasteiger partial charge on any atom is 0.337 e. The molecule has 33 heavy (non-hydrogen) atoms. The highest BCUT2D eigenvalue weighted by atomic mass is 19.1. The second-order valence-corrected chi connectivity index (χ2v) is 9.11. The average molecular weight is 465 g/mol. The molecule has 1 aromatic rings. The van der Waals surface area contributed by atoms with Crippen molar-refractivity contribution in [2.45, 2.75) is 83.9 Å². The van der Waals surface area contributed by atoms with Crippen LogP contribution < -0.4 is 10.6 Å². The topological polar surface area (TPSA) is 105 Å². The fourth-order valence-corrected chi connectivity index (χ4v) is 4.29. The van der Waals surface area contributed by atoms with Crippen molar-refractivity contribution in [1.82, 2.24) is 10.6 Å². The van der Waals surface area contributed by atoms with Gasteiger partial charge in [0.15, 0.2) is 6.10 Å². The second kappa shape index (κ2) is 13.3. The third-order valence-corrected chi connectivity index (χ3v) is 6.12. The number of nitrogens with one attached hydrogen (secondary N) is 2. The van der Waals surface area contributed by atoms with E-state index in [2.05, 4.69) is 10.6 Å². The fraction of sp³-hybridized carbons (Fsp3) is 0.640. The number of halogens is 1. The Morgan fingerprint density at radius 3 is 2.39 bits per heavy atom. The van der Waals surface area contributed by atoms with Crippen molar-refractivity contribution in [3.63, 3.8) is 0 Å². The molecule has 184 valence electrons. The minimum atomic E-state index is -1.49. The van der Waals surface area contributed by atoms with Gasteiger partial charge in [0.2, 0.25) is 11.8 Å². The fourth-order valence-electron chi connectivity index (χ4n) is 4.29. The van der Waals surface area contributed by atoms with Gasteiger partial charge in [-0.3, -0.25) is 9.59 Å². The van der Waals surface area contributed by atoms with Crippen molar-refractivity contribution < 1.29 is 28.6 Å². The first-order chi connectivity index (χ1) is 15.7. The first-order valence-corrected chi connectivity index (χ1v) is 11.9. The van der Waals surface area contributed by atoms with Gasteiger partial charge in [0, 0.05) is 0 Å². The van der Waals surface area contributed by atoms with E-state index in [-0.39, 0.29) is 24.5 Å². The maximum absolute atomic E-state index is 13.9. The number of esters is 1. The zero-order valence-electron chi connectivity index (χ0n) is 19.8. The van der Waals surface area contributed by atoms with E-state index < -0.39 is 41.8 Å². The number of ether oxygens (including phenoxy) is 1. The lowest BCUT2D eigenvalue weighted by Gasteiger charge is -2.31.